The maximum Gasteiger partial charge on any atom is 0.212 e. The van der Waals surface area contributed by atoms with E-state index in [1.807, 2.05) is 25.1 Å². The van der Waals surface area contributed by atoms with Crippen molar-refractivity contribution < 1.29 is 4.74 Å². The summed E-state index contributed by atoms with van der Waals surface area (Å²) in [7, 11) is 1.60. The van der Waals surface area contributed by atoms with Crippen LogP contribution < -0.4 is 4.74 Å². The molecule has 3 heterocycles. The Balaban J connectivity index is 2.03. The second-order valence-corrected chi connectivity index (χ2v) is 5.40. The van der Waals surface area contributed by atoms with E-state index in [1.54, 1.807) is 25.7 Å². The van der Waals surface area contributed by atoms with E-state index < -0.39 is 0 Å². The van der Waals surface area contributed by atoms with Crippen molar-refractivity contribution in [3.8, 4) is 5.88 Å². The second-order valence-electron chi connectivity index (χ2n) is 4.75. The van der Waals surface area contributed by atoms with Crippen LogP contribution >= 0.6 is 11.6 Å². The van der Waals surface area contributed by atoms with Crippen molar-refractivity contribution >= 4 is 22.6 Å². The van der Waals surface area contributed by atoms with Crippen LogP contribution in [-0.2, 0) is 6.54 Å². The third kappa shape index (κ3) is 2.69. The fourth-order valence-electron chi connectivity index (χ4n) is 2.28. The highest BCUT2D eigenvalue weighted by atomic mass is 35.5. The van der Waals surface area contributed by atoms with Crippen molar-refractivity contribution in [1.29, 1.82) is 0 Å². The molecular weight excluding hydrogens is 288 g/mol. The molecule has 0 saturated heterocycles. The van der Waals surface area contributed by atoms with Gasteiger partial charge >= 0.3 is 0 Å². The number of hydrogen-bond acceptors (Lipinski definition) is 4. The summed E-state index contributed by atoms with van der Waals surface area (Å²) in [5, 5.41) is -0.177. The molecule has 0 radical (unpaired) electrons. The fourth-order valence-corrected chi connectivity index (χ4v) is 2.44. The highest BCUT2D eigenvalue weighted by Crippen LogP contribution is 2.25. The Kier molecular flexibility index (Phi) is 3.75. The molecule has 0 aliphatic carbocycles. The number of rotatable bonds is 4. The lowest BCUT2D eigenvalue weighted by molar-refractivity contribution is 0.397. The SMILES string of the molecule is COc1ccc(Cn2c(C(C)Cl)nc3cnccc32)cn1. The molecular formula is C15H15ClN4O. The molecule has 5 nitrogen and oxygen atoms in total. The van der Waals surface area contributed by atoms with Gasteiger partial charge in [0.25, 0.3) is 0 Å². The maximum atomic E-state index is 6.25. The maximum absolute atomic E-state index is 6.25. The number of nitrogens with zero attached hydrogens (tertiary/aromatic N) is 4. The molecule has 0 saturated carbocycles. The molecule has 0 aliphatic rings. The quantitative estimate of drug-likeness (QED) is 0.695. The predicted octanol–water partition coefficient (Wildman–Crippen LogP) is 3.18. The van der Waals surface area contributed by atoms with Gasteiger partial charge in [0, 0.05) is 18.5 Å². The number of methoxy groups -OCH3 is 1. The van der Waals surface area contributed by atoms with E-state index in [0.29, 0.717) is 12.4 Å². The molecule has 21 heavy (non-hydrogen) atoms. The normalized spacial score (nSPS) is 12.5. The Labute approximate surface area is 127 Å². The van der Waals surface area contributed by atoms with Gasteiger partial charge in [-0.2, -0.15) is 0 Å². The lowest BCUT2D eigenvalue weighted by Gasteiger charge is -2.10. The van der Waals surface area contributed by atoms with E-state index >= 15 is 0 Å². The first-order valence-corrected chi connectivity index (χ1v) is 7.06. The van der Waals surface area contributed by atoms with Crippen LogP contribution in [0.5, 0.6) is 5.88 Å². The molecule has 1 atom stereocenters. The molecule has 0 amide bonds. The first kappa shape index (κ1) is 13.8. The molecule has 3 aromatic heterocycles. The van der Waals surface area contributed by atoms with Crippen molar-refractivity contribution in [2.75, 3.05) is 7.11 Å². The van der Waals surface area contributed by atoms with Crippen LogP contribution in [-0.4, -0.2) is 26.6 Å². The number of pyridine rings is 2. The van der Waals surface area contributed by atoms with Crippen LogP contribution in [0.25, 0.3) is 11.0 Å². The highest BCUT2D eigenvalue weighted by Gasteiger charge is 2.15. The van der Waals surface area contributed by atoms with E-state index in [0.717, 1.165) is 22.4 Å². The lowest BCUT2D eigenvalue weighted by Crippen LogP contribution is -2.06. The molecule has 0 aliphatic heterocycles. The number of alkyl halides is 1. The van der Waals surface area contributed by atoms with Gasteiger partial charge in [-0.15, -0.1) is 11.6 Å². The third-order valence-electron chi connectivity index (χ3n) is 3.28. The molecule has 0 bridgehead atoms. The molecule has 108 valence electrons. The molecule has 3 rings (SSSR count). The standard InChI is InChI=1S/C15H15ClN4O/c1-10(16)15-19-12-8-17-6-5-13(12)20(15)9-11-3-4-14(21-2)18-7-11/h3-8,10H,9H2,1-2H3. The van der Waals surface area contributed by atoms with Crippen molar-refractivity contribution in [3.05, 3.63) is 48.2 Å². The number of fused-ring (bicyclic) bond motifs is 1. The first-order valence-electron chi connectivity index (χ1n) is 6.62. The summed E-state index contributed by atoms with van der Waals surface area (Å²) < 4.78 is 7.17. The van der Waals surface area contributed by atoms with Crippen LogP contribution in [0.3, 0.4) is 0 Å². The van der Waals surface area contributed by atoms with Crippen LogP contribution in [0.15, 0.2) is 36.8 Å². The zero-order valence-corrected chi connectivity index (χ0v) is 12.6. The second kappa shape index (κ2) is 5.69. The number of aromatic nitrogens is 4. The minimum Gasteiger partial charge on any atom is -0.481 e. The van der Waals surface area contributed by atoms with Gasteiger partial charge in [0.2, 0.25) is 5.88 Å². The Morgan fingerprint density at radius 3 is 2.81 bits per heavy atom. The Morgan fingerprint density at radius 1 is 1.29 bits per heavy atom. The molecule has 1 unspecified atom stereocenters. The Bertz CT molecular complexity index is 752. The van der Waals surface area contributed by atoms with E-state index in [-0.39, 0.29) is 5.38 Å². The summed E-state index contributed by atoms with van der Waals surface area (Å²) in [6, 6.07) is 5.78. The smallest absolute Gasteiger partial charge is 0.212 e. The molecule has 0 aromatic carbocycles. The van der Waals surface area contributed by atoms with E-state index in [2.05, 4.69) is 19.5 Å². The van der Waals surface area contributed by atoms with E-state index in [4.69, 9.17) is 16.3 Å². The Hall–Kier alpha value is -2.14. The average Bonchev–Trinajstić information content (AvgIpc) is 2.87. The molecule has 0 fully saturated rings. The average molecular weight is 303 g/mol. The topological polar surface area (TPSA) is 52.8 Å². The number of ether oxygens (including phenoxy) is 1. The molecule has 3 aromatic rings. The van der Waals surface area contributed by atoms with Gasteiger partial charge in [-0.25, -0.2) is 9.97 Å². The molecule has 6 heteroatoms. The van der Waals surface area contributed by atoms with E-state index in [9.17, 15) is 0 Å². The Morgan fingerprint density at radius 2 is 2.14 bits per heavy atom. The summed E-state index contributed by atoms with van der Waals surface area (Å²) >= 11 is 6.25. The van der Waals surface area contributed by atoms with Crippen LogP contribution in [0.2, 0.25) is 0 Å². The number of hydrogen-bond donors (Lipinski definition) is 0. The summed E-state index contributed by atoms with van der Waals surface area (Å²) in [6.45, 7) is 2.57. The van der Waals surface area contributed by atoms with Gasteiger partial charge in [-0.05, 0) is 18.6 Å². The van der Waals surface area contributed by atoms with Crippen molar-refractivity contribution in [3.63, 3.8) is 0 Å². The highest BCUT2D eigenvalue weighted by molar-refractivity contribution is 6.20. The van der Waals surface area contributed by atoms with Gasteiger partial charge in [0.1, 0.15) is 11.3 Å². The summed E-state index contributed by atoms with van der Waals surface area (Å²) in [6.07, 6.45) is 5.31. The van der Waals surface area contributed by atoms with E-state index in [1.165, 1.54) is 0 Å². The van der Waals surface area contributed by atoms with Gasteiger partial charge in [0.05, 0.1) is 30.7 Å². The fraction of sp³-hybridized carbons (Fsp3) is 0.267. The van der Waals surface area contributed by atoms with Gasteiger partial charge < -0.3 is 9.30 Å². The van der Waals surface area contributed by atoms with Crippen molar-refractivity contribution in [1.82, 2.24) is 19.5 Å². The van der Waals surface area contributed by atoms with Crippen molar-refractivity contribution in [2.45, 2.75) is 18.8 Å². The van der Waals surface area contributed by atoms with Crippen molar-refractivity contribution in [2.24, 2.45) is 0 Å². The molecule has 0 spiro atoms. The number of halogens is 1. The van der Waals surface area contributed by atoms with Crippen LogP contribution in [0, 0.1) is 0 Å². The lowest BCUT2D eigenvalue weighted by atomic mass is 10.2. The van der Waals surface area contributed by atoms with Crippen LogP contribution in [0.1, 0.15) is 23.7 Å². The zero-order chi connectivity index (χ0) is 14.8. The molecule has 0 N–H and O–H groups in total. The third-order valence-corrected chi connectivity index (χ3v) is 3.48. The first-order chi connectivity index (χ1) is 10.2. The van der Waals surface area contributed by atoms with Gasteiger partial charge in [0.15, 0.2) is 0 Å². The van der Waals surface area contributed by atoms with Gasteiger partial charge in [-0.3, -0.25) is 4.98 Å². The number of imidazole rings is 1. The largest absolute Gasteiger partial charge is 0.481 e. The summed E-state index contributed by atoms with van der Waals surface area (Å²) in [5.41, 5.74) is 2.93. The monoisotopic (exact) mass is 302 g/mol. The van der Waals surface area contributed by atoms with Gasteiger partial charge in [-0.1, -0.05) is 6.07 Å². The van der Waals surface area contributed by atoms with Crippen LogP contribution in [0.4, 0.5) is 0 Å². The summed E-state index contributed by atoms with van der Waals surface area (Å²) in [4.78, 5) is 12.9. The minimum atomic E-state index is -0.177. The predicted molar refractivity (Wildman–Crippen MR) is 81.7 cm³/mol. The zero-order valence-electron chi connectivity index (χ0n) is 11.8. The minimum absolute atomic E-state index is 0.177. The summed E-state index contributed by atoms with van der Waals surface area (Å²) in [5.74, 6) is 1.43.